The third-order valence-electron chi connectivity index (χ3n) is 6.59. The molecule has 0 spiro atoms. The van der Waals surface area contributed by atoms with E-state index in [1.165, 1.54) is 29.2 Å². The van der Waals surface area contributed by atoms with E-state index in [-0.39, 0.29) is 36.7 Å². The van der Waals surface area contributed by atoms with Gasteiger partial charge in [-0.05, 0) is 16.7 Å². The summed E-state index contributed by atoms with van der Waals surface area (Å²) < 4.78 is 5.46. The van der Waals surface area contributed by atoms with Crippen molar-refractivity contribution in [2.75, 3.05) is 13.1 Å². The van der Waals surface area contributed by atoms with E-state index in [4.69, 9.17) is 10.5 Å². The van der Waals surface area contributed by atoms with Gasteiger partial charge in [0.15, 0.2) is 5.41 Å². The van der Waals surface area contributed by atoms with Crippen LogP contribution in [0.5, 0.6) is 0 Å². The first-order valence-corrected chi connectivity index (χ1v) is 11.0. The first kappa shape index (κ1) is 24.0. The summed E-state index contributed by atoms with van der Waals surface area (Å²) in [5, 5.41) is 41.3. The number of carbonyl (C=O) groups excluding carboxylic acids is 1. The number of hydrogen-bond donors (Lipinski definition) is 1. The number of nitriles is 3. The molecule has 0 aromatic heterocycles. The Bertz CT molecular complexity index is 1380. The fraction of sp³-hybridized carbons (Fsp3) is 0.231. The van der Waals surface area contributed by atoms with Crippen LogP contribution in [0.25, 0.3) is 0 Å². The summed E-state index contributed by atoms with van der Waals surface area (Å²) in [6, 6.07) is 20.7. The SMILES string of the molecule is N#CC1=C(N)C(C#N)(C#N)[C@H](c2ccc([N+](=O)[O-])cc2)[C@H]2CN(C(=O)OCc3ccccc3)CC=C12. The molecule has 0 fully saturated rings. The highest BCUT2D eigenvalue weighted by Crippen LogP contribution is 2.54. The molecular formula is C26H20N6O4. The van der Waals surface area contributed by atoms with Crippen molar-refractivity contribution < 1.29 is 14.5 Å². The molecule has 1 amide bonds. The summed E-state index contributed by atoms with van der Waals surface area (Å²) in [5.41, 5.74) is 5.88. The van der Waals surface area contributed by atoms with Crippen molar-refractivity contribution in [2.45, 2.75) is 12.5 Å². The number of benzene rings is 2. The molecule has 2 atom stereocenters. The summed E-state index contributed by atoms with van der Waals surface area (Å²) in [4.78, 5) is 24.9. The molecule has 1 aliphatic carbocycles. The lowest BCUT2D eigenvalue weighted by atomic mass is 9.58. The zero-order valence-corrected chi connectivity index (χ0v) is 19.0. The van der Waals surface area contributed by atoms with E-state index >= 15 is 0 Å². The second-order valence-corrected chi connectivity index (χ2v) is 8.47. The minimum absolute atomic E-state index is 0.0403. The molecule has 2 aromatic rings. The number of allylic oxidation sites excluding steroid dienone is 2. The Morgan fingerprint density at radius 3 is 2.39 bits per heavy atom. The number of amides is 1. The van der Waals surface area contributed by atoms with Gasteiger partial charge in [-0.25, -0.2) is 4.79 Å². The van der Waals surface area contributed by atoms with E-state index < -0.39 is 28.3 Å². The summed E-state index contributed by atoms with van der Waals surface area (Å²) in [5.74, 6) is -1.54. The third-order valence-corrected chi connectivity index (χ3v) is 6.59. The Balaban J connectivity index is 1.74. The maximum absolute atomic E-state index is 12.9. The van der Waals surface area contributed by atoms with E-state index in [2.05, 4.69) is 0 Å². The Hall–Kier alpha value is -5.14. The number of nitro groups is 1. The van der Waals surface area contributed by atoms with Gasteiger partial charge in [0.05, 0.1) is 28.3 Å². The molecule has 10 nitrogen and oxygen atoms in total. The third kappa shape index (κ3) is 4.00. The van der Waals surface area contributed by atoms with Crippen LogP contribution in [0.3, 0.4) is 0 Å². The van der Waals surface area contributed by atoms with Gasteiger partial charge in [0.1, 0.15) is 12.7 Å². The van der Waals surface area contributed by atoms with Gasteiger partial charge in [0.25, 0.3) is 5.69 Å². The number of nitrogens with zero attached hydrogens (tertiary/aromatic N) is 5. The molecule has 0 saturated carbocycles. The number of ether oxygens (including phenoxy) is 1. The number of carbonyl (C=O) groups is 1. The minimum atomic E-state index is -1.92. The summed E-state index contributed by atoms with van der Waals surface area (Å²) >= 11 is 0. The van der Waals surface area contributed by atoms with Crippen molar-refractivity contribution in [2.24, 2.45) is 17.1 Å². The molecule has 36 heavy (non-hydrogen) atoms. The molecule has 2 aliphatic rings. The van der Waals surface area contributed by atoms with Gasteiger partial charge in [0, 0.05) is 37.1 Å². The van der Waals surface area contributed by atoms with E-state index in [1.807, 2.05) is 48.5 Å². The maximum atomic E-state index is 12.9. The Morgan fingerprint density at radius 2 is 1.81 bits per heavy atom. The molecule has 0 saturated heterocycles. The largest absolute Gasteiger partial charge is 0.445 e. The van der Waals surface area contributed by atoms with Crippen molar-refractivity contribution in [3.05, 3.63) is 98.8 Å². The van der Waals surface area contributed by atoms with E-state index in [0.29, 0.717) is 11.1 Å². The summed E-state index contributed by atoms with van der Waals surface area (Å²) in [6.07, 6.45) is 1.09. The molecule has 4 rings (SSSR count). The predicted octanol–water partition coefficient (Wildman–Crippen LogP) is 3.66. The highest BCUT2D eigenvalue weighted by atomic mass is 16.6. The second kappa shape index (κ2) is 9.61. The van der Waals surface area contributed by atoms with Crippen molar-refractivity contribution in [1.29, 1.82) is 15.8 Å². The molecule has 1 heterocycles. The fourth-order valence-electron chi connectivity index (χ4n) is 4.82. The molecule has 1 aliphatic heterocycles. The maximum Gasteiger partial charge on any atom is 0.410 e. The normalized spacial score (nSPS) is 20.1. The monoisotopic (exact) mass is 480 g/mol. The van der Waals surface area contributed by atoms with Crippen LogP contribution in [0.1, 0.15) is 17.0 Å². The Labute approximate surface area is 206 Å². The molecule has 0 unspecified atom stereocenters. The van der Waals surface area contributed by atoms with Crippen LogP contribution in [0, 0.1) is 55.4 Å². The lowest BCUT2D eigenvalue weighted by Gasteiger charge is -2.45. The number of rotatable bonds is 4. The van der Waals surface area contributed by atoms with Gasteiger partial charge >= 0.3 is 6.09 Å². The van der Waals surface area contributed by atoms with Crippen molar-refractivity contribution in [1.82, 2.24) is 4.90 Å². The number of hydrogen-bond acceptors (Lipinski definition) is 8. The van der Waals surface area contributed by atoms with Crippen LogP contribution in [-0.4, -0.2) is 29.0 Å². The van der Waals surface area contributed by atoms with Crippen LogP contribution < -0.4 is 5.73 Å². The standard InChI is InChI=1S/C26H20N6O4/c27-12-21-20-10-11-31(25(33)36-14-17-4-2-1-3-5-17)13-22(20)23(26(15-28,16-29)24(21)30)18-6-8-19(9-7-18)32(34)35/h1-10,22-23H,11,13-14,30H2/t22-,23+/m0/s1. The van der Waals surface area contributed by atoms with Crippen LogP contribution >= 0.6 is 0 Å². The molecule has 2 aromatic carbocycles. The summed E-state index contributed by atoms with van der Waals surface area (Å²) in [6.45, 7) is 0.279. The van der Waals surface area contributed by atoms with Gasteiger partial charge in [-0.3, -0.25) is 10.1 Å². The zero-order valence-electron chi connectivity index (χ0n) is 19.0. The van der Waals surface area contributed by atoms with E-state index in [9.17, 15) is 30.7 Å². The van der Waals surface area contributed by atoms with Gasteiger partial charge in [-0.15, -0.1) is 0 Å². The first-order valence-electron chi connectivity index (χ1n) is 11.0. The van der Waals surface area contributed by atoms with Crippen LogP contribution in [0.2, 0.25) is 0 Å². The zero-order chi connectivity index (χ0) is 25.9. The number of non-ortho nitro benzene ring substituents is 1. The fourth-order valence-corrected chi connectivity index (χ4v) is 4.82. The summed E-state index contributed by atoms with van der Waals surface area (Å²) in [7, 11) is 0. The lowest BCUT2D eigenvalue weighted by molar-refractivity contribution is -0.384. The Kier molecular flexibility index (Phi) is 6.41. The smallest absolute Gasteiger partial charge is 0.410 e. The second-order valence-electron chi connectivity index (χ2n) is 8.47. The first-order chi connectivity index (χ1) is 17.4. The molecule has 2 N–H and O–H groups in total. The average Bonchev–Trinajstić information content (AvgIpc) is 2.91. The number of nitro benzene ring substituents is 1. The highest BCUT2D eigenvalue weighted by molar-refractivity contribution is 5.69. The number of nitrogens with two attached hydrogens (primary N) is 1. The predicted molar refractivity (Wildman–Crippen MR) is 126 cm³/mol. The van der Waals surface area contributed by atoms with Crippen LogP contribution in [0.4, 0.5) is 10.5 Å². The van der Waals surface area contributed by atoms with Gasteiger partial charge in [-0.1, -0.05) is 48.5 Å². The van der Waals surface area contributed by atoms with Crippen molar-refractivity contribution in [3.63, 3.8) is 0 Å². The molecule has 10 heteroatoms. The minimum Gasteiger partial charge on any atom is -0.445 e. The van der Waals surface area contributed by atoms with Gasteiger partial charge < -0.3 is 15.4 Å². The molecule has 178 valence electrons. The van der Waals surface area contributed by atoms with Crippen LogP contribution in [-0.2, 0) is 11.3 Å². The quantitative estimate of drug-likeness (QED) is 0.510. The van der Waals surface area contributed by atoms with Crippen molar-refractivity contribution in [3.8, 4) is 18.2 Å². The van der Waals surface area contributed by atoms with E-state index in [0.717, 1.165) is 5.56 Å². The Morgan fingerprint density at radius 1 is 1.14 bits per heavy atom. The van der Waals surface area contributed by atoms with E-state index in [1.54, 1.807) is 6.08 Å². The van der Waals surface area contributed by atoms with Gasteiger partial charge in [-0.2, -0.15) is 15.8 Å². The van der Waals surface area contributed by atoms with Crippen LogP contribution in [0.15, 0.2) is 77.5 Å². The van der Waals surface area contributed by atoms with Crippen molar-refractivity contribution >= 4 is 11.8 Å². The highest BCUT2D eigenvalue weighted by Gasteiger charge is 2.54. The topological polar surface area (TPSA) is 170 Å². The van der Waals surface area contributed by atoms with Gasteiger partial charge in [0.2, 0.25) is 0 Å². The lowest BCUT2D eigenvalue weighted by Crippen LogP contribution is -2.49. The molecule has 0 radical (unpaired) electrons. The average molecular weight is 480 g/mol. The molecular weight excluding hydrogens is 460 g/mol. The number of fused-ring (bicyclic) bond motifs is 1. The molecule has 0 bridgehead atoms.